The number of H-pyrrole nitrogens is 1. The largest absolute Gasteiger partial charge is 0.507 e. The highest BCUT2D eigenvalue weighted by molar-refractivity contribution is 9.10. The molecule has 1 aromatic carbocycles. The van der Waals surface area contributed by atoms with Crippen molar-refractivity contribution in [2.75, 3.05) is 0 Å². The molecule has 23 heavy (non-hydrogen) atoms. The fourth-order valence-electron chi connectivity index (χ4n) is 2.39. The summed E-state index contributed by atoms with van der Waals surface area (Å²) < 4.78 is 2.68. The molecule has 8 nitrogen and oxygen atoms in total. The van der Waals surface area contributed by atoms with E-state index in [9.17, 15) is 19.5 Å². The number of phenols is 1. The summed E-state index contributed by atoms with van der Waals surface area (Å²) in [5, 5.41) is 10.1. The number of hydrogen-bond donors (Lipinski definition) is 2. The van der Waals surface area contributed by atoms with Gasteiger partial charge in [-0.15, -0.1) is 0 Å². The van der Waals surface area contributed by atoms with Gasteiger partial charge in [-0.2, -0.15) is 4.98 Å². The Labute approximate surface area is 136 Å². The Morgan fingerprint density at radius 1 is 1.17 bits per heavy atom. The van der Waals surface area contributed by atoms with Gasteiger partial charge in [0.2, 0.25) is 0 Å². The molecule has 2 N–H and O–H groups in total. The van der Waals surface area contributed by atoms with Crippen LogP contribution >= 0.6 is 15.9 Å². The maximum absolute atomic E-state index is 12.5. The molecule has 0 atom stereocenters. The molecule has 0 amide bonds. The Bertz CT molecular complexity index is 1130. The van der Waals surface area contributed by atoms with Gasteiger partial charge in [0.15, 0.2) is 5.65 Å². The van der Waals surface area contributed by atoms with Crippen LogP contribution in [0.3, 0.4) is 0 Å². The lowest BCUT2D eigenvalue weighted by Crippen LogP contribution is -2.38. The number of halogens is 1. The summed E-state index contributed by atoms with van der Waals surface area (Å²) in [5.41, 5.74) is -1.62. The van der Waals surface area contributed by atoms with Gasteiger partial charge in [0, 0.05) is 24.1 Å². The van der Waals surface area contributed by atoms with Crippen LogP contribution in [0.5, 0.6) is 5.75 Å². The van der Waals surface area contributed by atoms with Crippen LogP contribution in [0.4, 0.5) is 0 Å². The fraction of sp³-hybridized carbons (Fsp3) is 0.143. The molecule has 9 heteroatoms. The number of aryl methyl sites for hydroxylation is 1. The van der Waals surface area contributed by atoms with Gasteiger partial charge in [-0.05, 0) is 18.2 Å². The third kappa shape index (κ3) is 2.29. The number of aromatic hydroxyl groups is 1. The normalized spacial score (nSPS) is 11.1. The van der Waals surface area contributed by atoms with Gasteiger partial charge in [0.1, 0.15) is 11.1 Å². The Balaban J connectivity index is 2.62. The van der Waals surface area contributed by atoms with Crippen molar-refractivity contribution in [2.45, 2.75) is 0 Å². The number of benzene rings is 1. The van der Waals surface area contributed by atoms with E-state index in [0.29, 0.717) is 4.47 Å². The third-order valence-corrected chi connectivity index (χ3v) is 4.04. The maximum atomic E-state index is 12.5. The van der Waals surface area contributed by atoms with Crippen molar-refractivity contribution in [2.24, 2.45) is 14.1 Å². The molecule has 0 saturated carbocycles. The highest BCUT2D eigenvalue weighted by Crippen LogP contribution is 2.32. The van der Waals surface area contributed by atoms with Crippen LogP contribution < -0.4 is 16.9 Å². The third-order valence-electron chi connectivity index (χ3n) is 3.55. The van der Waals surface area contributed by atoms with Gasteiger partial charge in [0.25, 0.3) is 5.56 Å². The first-order valence-corrected chi connectivity index (χ1v) is 7.29. The molecule has 0 aliphatic rings. The molecule has 0 aliphatic heterocycles. The number of phenolic OH excluding ortho intramolecular Hbond substituents is 1. The molecular formula is C14H11BrN4O4. The zero-order chi connectivity index (χ0) is 16.9. The average Bonchev–Trinajstić information content (AvgIpc) is 2.52. The van der Waals surface area contributed by atoms with Gasteiger partial charge in [0.05, 0.1) is 5.69 Å². The van der Waals surface area contributed by atoms with Gasteiger partial charge < -0.3 is 10.1 Å². The second kappa shape index (κ2) is 5.20. The molecule has 3 rings (SSSR count). The van der Waals surface area contributed by atoms with E-state index in [1.165, 1.54) is 20.2 Å². The van der Waals surface area contributed by atoms with Crippen molar-refractivity contribution in [1.82, 2.24) is 19.1 Å². The molecule has 0 fully saturated rings. The molecule has 0 saturated heterocycles. The number of rotatable bonds is 1. The molecular weight excluding hydrogens is 368 g/mol. The number of aromatic nitrogens is 4. The molecule has 0 radical (unpaired) electrons. The lowest BCUT2D eigenvalue weighted by Gasteiger charge is -2.11. The second-order valence-electron chi connectivity index (χ2n) is 4.98. The summed E-state index contributed by atoms with van der Waals surface area (Å²) >= 11 is 3.28. The van der Waals surface area contributed by atoms with Gasteiger partial charge in [-0.25, -0.2) is 9.59 Å². The average molecular weight is 379 g/mol. The predicted octanol–water partition coefficient (Wildman–Crippen LogP) is 0.456. The van der Waals surface area contributed by atoms with Crippen molar-refractivity contribution in [3.8, 4) is 17.0 Å². The van der Waals surface area contributed by atoms with E-state index in [0.717, 1.165) is 9.13 Å². The monoisotopic (exact) mass is 378 g/mol. The lowest BCUT2D eigenvalue weighted by atomic mass is 10.1. The highest BCUT2D eigenvalue weighted by Gasteiger charge is 2.18. The molecule has 2 heterocycles. The van der Waals surface area contributed by atoms with Crippen molar-refractivity contribution >= 4 is 27.0 Å². The summed E-state index contributed by atoms with van der Waals surface area (Å²) in [7, 11) is 2.75. The number of fused-ring (bicyclic) bond motifs is 1. The van der Waals surface area contributed by atoms with Crippen LogP contribution in [-0.2, 0) is 14.1 Å². The molecule has 0 aliphatic carbocycles. The fourth-order valence-corrected chi connectivity index (χ4v) is 2.75. The van der Waals surface area contributed by atoms with E-state index in [2.05, 4.69) is 25.9 Å². The summed E-state index contributed by atoms with van der Waals surface area (Å²) in [5.74, 6) is -0.118. The van der Waals surface area contributed by atoms with Gasteiger partial charge in [-0.3, -0.25) is 13.9 Å². The quantitative estimate of drug-likeness (QED) is 0.638. The van der Waals surface area contributed by atoms with Crippen molar-refractivity contribution < 1.29 is 5.11 Å². The highest BCUT2D eigenvalue weighted by atomic mass is 79.9. The summed E-state index contributed by atoms with van der Waals surface area (Å²) in [6.07, 6.45) is 0. The van der Waals surface area contributed by atoms with Crippen molar-refractivity contribution in [3.63, 3.8) is 0 Å². The van der Waals surface area contributed by atoms with Crippen LogP contribution in [0.25, 0.3) is 22.3 Å². The summed E-state index contributed by atoms with van der Waals surface area (Å²) in [4.78, 5) is 42.5. The molecule has 0 unspecified atom stereocenters. The van der Waals surface area contributed by atoms with Crippen LogP contribution in [0, 0.1) is 0 Å². The van der Waals surface area contributed by atoms with Crippen LogP contribution in [0.1, 0.15) is 0 Å². The Kier molecular flexibility index (Phi) is 3.44. The van der Waals surface area contributed by atoms with Gasteiger partial charge in [-0.1, -0.05) is 15.9 Å². The van der Waals surface area contributed by atoms with E-state index in [4.69, 9.17) is 0 Å². The number of aromatic amines is 1. The second-order valence-corrected chi connectivity index (χ2v) is 5.90. The van der Waals surface area contributed by atoms with E-state index in [-0.39, 0.29) is 28.0 Å². The number of nitrogens with zero attached hydrogens (tertiary/aromatic N) is 3. The first-order valence-electron chi connectivity index (χ1n) is 6.50. The molecule has 3 aromatic rings. The Morgan fingerprint density at radius 3 is 2.57 bits per heavy atom. The predicted molar refractivity (Wildman–Crippen MR) is 87.6 cm³/mol. The van der Waals surface area contributed by atoms with Crippen LogP contribution in [0.2, 0.25) is 0 Å². The molecule has 118 valence electrons. The van der Waals surface area contributed by atoms with E-state index in [1.54, 1.807) is 12.1 Å². The first-order chi connectivity index (χ1) is 10.8. The Morgan fingerprint density at radius 2 is 1.87 bits per heavy atom. The van der Waals surface area contributed by atoms with Gasteiger partial charge >= 0.3 is 11.4 Å². The summed E-state index contributed by atoms with van der Waals surface area (Å²) in [6, 6.07) is 4.61. The molecule has 0 spiro atoms. The summed E-state index contributed by atoms with van der Waals surface area (Å²) in [6.45, 7) is 0. The van der Waals surface area contributed by atoms with E-state index >= 15 is 0 Å². The number of nitrogens with one attached hydrogen (secondary N) is 1. The maximum Gasteiger partial charge on any atom is 0.347 e. The molecule has 0 bridgehead atoms. The smallest absolute Gasteiger partial charge is 0.347 e. The minimum atomic E-state index is -0.727. The molecule has 2 aromatic heterocycles. The SMILES string of the molecule is Cn1c(=O)c2c(-c3cc(Br)ccc3O)[nH]c(=O)nc2n(C)c1=O. The van der Waals surface area contributed by atoms with Crippen LogP contribution in [-0.4, -0.2) is 24.2 Å². The zero-order valence-electron chi connectivity index (χ0n) is 12.1. The standard InChI is InChI=1S/C14H11BrN4O4/c1-18-11-9(12(21)19(2)14(18)23)10(16-13(22)17-11)7-5-6(15)3-4-8(7)20/h3-5,20H,1-2H3,(H,16,17,22). The first kappa shape index (κ1) is 15.2. The number of hydrogen-bond acceptors (Lipinski definition) is 5. The minimum Gasteiger partial charge on any atom is -0.507 e. The Hall–Kier alpha value is -2.68. The minimum absolute atomic E-state index is 0.0441. The van der Waals surface area contributed by atoms with Crippen LogP contribution in [0.15, 0.2) is 37.1 Å². The lowest BCUT2D eigenvalue weighted by molar-refractivity contribution is 0.477. The zero-order valence-corrected chi connectivity index (χ0v) is 13.7. The van der Waals surface area contributed by atoms with Crippen molar-refractivity contribution in [1.29, 1.82) is 0 Å². The topological polar surface area (TPSA) is 110 Å². The van der Waals surface area contributed by atoms with E-state index in [1.807, 2.05) is 0 Å². The van der Waals surface area contributed by atoms with Crippen molar-refractivity contribution in [3.05, 3.63) is 54.0 Å². The van der Waals surface area contributed by atoms with E-state index < -0.39 is 16.9 Å².